The Kier molecular flexibility index (Phi) is 3.63. The highest BCUT2D eigenvalue weighted by molar-refractivity contribution is 5.22. The first-order valence-electron chi connectivity index (χ1n) is 4.30. The zero-order valence-electron chi connectivity index (χ0n) is 8.19. The molecule has 6 heteroatoms. The van der Waals surface area contributed by atoms with Gasteiger partial charge in [-0.1, -0.05) is 5.10 Å². The van der Waals surface area contributed by atoms with E-state index in [9.17, 15) is 0 Å². The average molecular weight is 185 g/mol. The fourth-order valence-electron chi connectivity index (χ4n) is 0.908. The molecule has 0 radical (unpaired) electrons. The molecule has 1 aromatic rings. The van der Waals surface area contributed by atoms with Crippen molar-refractivity contribution in [1.29, 1.82) is 0 Å². The van der Waals surface area contributed by atoms with Crippen LogP contribution in [-0.2, 0) is 11.8 Å². The lowest BCUT2D eigenvalue weighted by atomic mass is 10.4. The summed E-state index contributed by atoms with van der Waals surface area (Å²) in [7, 11) is 1.79. The van der Waals surface area contributed by atoms with Crippen molar-refractivity contribution in [1.82, 2.24) is 20.2 Å². The predicted octanol–water partition coefficient (Wildman–Crippen LogP) is 0.0470. The topological polar surface area (TPSA) is 64.9 Å². The molecule has 0 fully saturated rings. The zero-order valence-corrected chi connectivity index (χ0v) is 8.19. The lowest BCUT2D eigenvalue weighted by Crippen LogP contribution is -2.23. The maximum absolute atomic E-state index is 5.24. The van der Waals surface area contributed by atoms with Gasteiger partial charge in [0, 0.05) is 19.7 Å². The van der Waals surface area contributed by atoms with Crippen LogP contribution < -0.4 is 5.32 Å². The highest BCUT2D eigenvalue weighted by atomic mass is 16.5. The van der Waals surface area contributed by atoms with Gasteiger partial charge in [-0.25, -0.2) is 4.68 Å². The Morgan fingerprint density at radius 2 is 2.38 bits per heavy atom. The third kappa shape index (κ3) is 2.98. The first kappa shape index (κ1) is 9.91. The van der Waals surface area contributed by atoms with Gasteiger partial charge in [0.15, 0.2) is 0 Å². The van der Waals surface area contributed by atoms with E-state index in [0.717, 1.165) is 6.61 Å². The average Bonchev–Trinajstić information content (AvgIpc) is 2.48. The molecule has 6 nitrogen and oxygen atoms in total. The SMILES string of the molecule is CCOCC(C)Nc1nnnn1C. The largest absolute Gasteiger partial charge is 0.380 e. The molecule has 13 heavy (non-hydrogen) atoms. The summed E-state index contributed by atoms with van der Waals surface area (Å²) in [4.78, 5) is 0. The van der Waals surface area contributed by atoms with E-state index in [-0.39, 0.29) is 6.04 Å². The molecule has 1 N–H and O–H groups in total. The molecule has 1 rings (SSSR count). The molecular formula is C7H15N5O. The number of hydrogen-bond acceptors (Lipinski definition) is 5. The van der Waals surface area contributed by atoms with Gasteiger partial charge in [0.05, 0.1) is 6.61 Å². The second-order valence-electron chi connectivity index (χ2n) is 2.83. The Labute approximate surface area is 77.3 Å². The van der Waals surface area contributed by atoms with Crippen LogP contribution in [0.5, 0.6) is 0 Å². The molecule has 0 amide bonds. The zero-order chi connectivity index (χ0) is 9.68. The fourth-order valence-corrected chi connectivity index (χ4v) is 0.908. The van der Waals surface area contributed by atoms with Crippen LogP contribution in [-0.4, -0.2) is 39.5 Å². The van der Waals surface area contributed by atoms with Gasteiger partial charge in [-0.05, 0) is 24.3 Å². The van der Waals surface area contributed by atoms with Crippen molar-refractivity contribution in [3.05, 3.63) is 0 Å². The fraction of sp³-hybridized carbons (Fsp3) is 0.857. The van der Waals surface area contributed by atoms with Crippen LogP contribution in [0, 0.1) is 0 Å². The van der Waals surface area contributed by atoms with Crippen LogP contribution in [0.25, 0.3) is 0 Å². The van der Waals surface area contributed by atoms with E-state index in [1.807, 2.05) is 13.8 Å². The Hall–Kier alpha value is -1.17. The van der Waals surface area contributed by atoms with Gasteiger partial charge in [-0.2, -0.15) is 0 Å². The molecule has 0 saturated heterocycles. The third-order valence-corrected chi connectivity index (χ3v) is 1.57. The van der Waals surface area contributed by atoms with Crippen LogP contribution >= 0.6 is 0 Å². The molecule has 0 spiro atoms. The van der Waals surface area contributed by atoms with Crippen molar-refractivity contribution in [2.24, 2.45) is 7.05 Å². The summed E-state index contributed by atoms with van der Waals surface area (Å²) in [6.07, 6.45) is 0. The van der Waals surface area contributed by atoms with Crippen molar-refractivity contribution < 1.29 is 4.74 Å². The number of nitrogens with zero attached hydrogens (tertiary/aromatic N) is 4. The first-order chi connectivity index (χ1) is 6.24. The number of nitrogens with one attached hydrogen (secondary N) is 1. The van der Waals surface area contributed by atoms with Gasteiger partial charge in [0.2, 0.25) is 5.95 Å². The highest BCUT2D eigenvalue weighted by Gasteiger charge is 2.06. The van der Waals surface area contributed by atoms with Crippen molar-refractivity contribution in [3.8, 4) is 0 Å². The lowest BCUT2D eigenvalue weighted by molar-refractivity contribution is 0.141. The quantitative estimate of drug-likeness (QED) is 0.702. The van der Waals surface area contributed by atoms with Gasteiger partial charge in [-0.15, -0.1) is 0 Å². The summed E-state index contributed by atoms with van der Waals surface area (Å²) in [5.41, 5.74) is 0. The predicted molar refractivity (Wildman–Crippen MR) is 48.4 cm³/mol. The van der Waals surface area contributed by atoms with Gasteiger partial charge in [-0.3, -0.25) is 0 Å². The summed E-state index contributed by atoms with van der Waals surface area (Å²) in [5, 5.41) is 14.1. The number of aryl methyl sites for hydroxylation is 1. The van der Waals surface area contributed by atoms with Crippen LogP contribution in [0.1, 0.15) is 13.8 Å². The number of aromatic nitrogens is 4. The molecular weight excluding hydrogens is 170 g/mol. The summed E-state index contributed by atoms with van der Waals surface area (Å²) < 4.78 is 6.83. The Balaban J connectivity index is 2.36. The van der Waals surface area contributed by atoms with E-state index in [1.165, 1.54) is 0 Å². The van der Waals surface area contributed by atoms with Crippen LogP contribution in [0.4, 0.5) is 5.95 Å². The van der Waals surface area contributed by atoms with E-state index < -0.39 is 0 Å². The Morgan fingerprint density at radius 1 is 1.62 bits per heavy atom. The van der Waals surface area contributed by atoms with Crippen molar-refractivity contribution in [2.45, 2.75) is 19.9 Å². The summed E-state index contributed by atoms with van der Waals surface area (Å²) in [5.74, 6) is 0.659. The lowest BCUT2D eigenvalue weighted by Gasteiger charge is -2.12. The standard InChI is InChI=1S/C7H15N5O/c1-4-13-5-6(2)8-7-9-10-11-12(7)3/h6H,4-5H2,1-3H3,(H,8,9,11). The van der Waals surface area contributed by atoms with Crippen molar-refractivity contribution >= 4 is 5.95 Å². The molecule has 1 unspecified atom stereocenters. The molecule has 1 atom stereocenters. The summed E-state index contributed by atoms with van der Waals surface area (Å²) in [6.45, 7) is 5.37. The maximum atomic E-state index is 5.24. The normalized spacial score (nSPS) is 12.8. The minimum Gasteiger partial charge on any atom is -0.380 e. The van der Waals surface area contributed by atoms with Crippen molar-refractivity contribution in [3.63, 3.8) is 0 Å². The first-order valence-corrected chi connectivity index (χ1v) is 4.30. The molecule has 1 heterocycles. The molecule has 1 aromatic heterocycles. The van der Waals surface area contributed by atoms with Crippen LogP contribution in [0.2, 0.25) is 0 Å². The Bertz CT molecular complexity index is 249. The Morgan fingerprint density at radius 3 is 2.92 bits per heavy atom. The van der Waals surface area contributed by atoms with Gasteiger partial charge in [0.1, 0.15) is 0 Å². The van der Waals surface area contributed by atoms with Gasteiger partial charge >= 0.3 is 0 Å². The molecule has 74 valence electrons. The minimum absolute atomic E-state index is 0.213. The number of rotatable bonds is 5. The molecule has 0 bridgehead atoms. The summed E-state index contributed by atoms with van der Waals surface area (Å²) in [6, 6.07) is 0.213. The van der Waals surface area contributed by atoms with Gasteiger partial charge in [0.25, 0.3) is 0 Å². The number of hydrogen-bond donors (Lipinski definition) is 1. The smallest absolute Gasteiger partial charge is 0.242 e. The molecule has 0 saturated carbocycles. The van der Waals surface area contributed by atoms with E-state index in [0.29, 0.717) is 12.6 Å². The second-order valence-corrected chi connectivity index (χ2v) is 2.83. The number of anilines is 1. The van der Waals surface area contributed by atoms with Crippen molar-refractivity contribution in [2.75, 3.05) is 18.5 Å². The van der Waals surface area contributed by atoms with Crippen LogP contribution in [0.3, 0.4) is 0 Å². The van der Waals surface area contributed by atoms with E-state index in [4.69, 9.17) is 4.74 Å². The third-order valence-electron chi connectivity index (χ3n) is 1.57. The number of ether oxygens (including phenoxy) is 1. The highest BCUT2D eigenvalue weighted by Crippen LogP contribution is 1.99. The minimum atomic E-state index is 0.213. The molecule has 0 aliphatic heterocycles. The van der Waals surface area contributed by atoms with E-state index >= 15 is 0 Å². The maximum Gasteiger partial charge on any atom is 0.242 e. The molecule has 0 aliphatic rings. The number of tetrazole rings is 1. The summed E-state index contributed by atoms with van der Waals surface area (Å²) >= 11 is 0. The van der Waals surface area contributed by atoms with E-state index in [2.05, 4.69) is 20.8 Å². The van der Waals surface area contributed by atoms with Gasteiger partial charge < -0.3 is 10.1 Å². The van der Waals surface area contributed by atoms with E-state index in [1.54, 1.807) is 11.7 Å². The molecule has 0 aromatic carbocycles. The monoisotopic (exact) mass is 185 g/mol. The molecule has 0 aliphatic carbocycles. The second kappa shape index (κ2) is 4.76. The van der Waals surface area contributed by atoms with Crippen LogP contribution in [0.15, 0.2) is 0 Å².